The van der Waals surface area contributed by atoms with Crippen LogP contribution >= 0.6 is 0 Å². The Labute approximate surface area is 181 Å². The molecule has 1 amide bonds. The zero-order valence-electron chi connectivity index (χ0n) is 18.0. The molecule has 0 radical (unpaired) electrons. The van der Waals surface area contributed by atoms with Crippen LogP contribution in [0.1, 0.15) is 29.9 Å². The highest BCUT2D eigenvalue weighted by Gasteiger charge is 2.29. The number of fused-ring (bicyclic) bond motifs is 1. The topological polar surface area (TPSA) is 76.5 Å². The van der Waals surface area contributed by atoms with Gasteiger partial charge in [-0.25, -0.2) is 4.68 Å². The minimum atomic E-state index is -0.278. The van der Waals surface area contributed by atoms with Crippen LogP contribution in [0.15, 0.2) is 59.4 Å². The average molecular weight is 421 g/mol. The van der Waals surface area contributed by atoms with Crippen molar-refractivity contribution in [1.82, 2.24) is 20.0 Å². The van der Waals surface area contributed by atoms with E-state index in [1.165, 1.54) is 4.68 Å². The van der Waals surface area contributed by atoms with Gasteiger partial charge in [0, 0.05) is 30.6 Å². The van der Waals surface area contributed by atoms with E-state index in [-0.39, 0.29) is 22.7 Å². The van der Waals surface area contributed by atoms with E-state index in [0.717, 1.165) is 18.7 Å². The molecule has 7 heteroatoms. The first-order chi connectivity index (χ1) is 15.0. The molecule has 0 aliphatic carbocycles. The number of hydrogen-bond donors (Lipinski definition) is 1. The van der Waals surface area contributed by atoms with Crippen LogP contribution in [0, 0.1) is 0 Å². The number of amides is 1. The van der Waals surface area contributed by atoms with Crippen LogP contribution < -0.4 is 10.9 Å². The maximum Gasteiger partial charge on any atom is 0.274 e. The van der Waals surface area contributed by atoms with Crippen LogP contribution in [0.2, 0.25) is 0 Å². The number of nitrogens with zero attached hydrogens (tertiary/aromatic N) is 3. The first-order valence-corrected chi connectivity index (χ1v) is 10.6. The molecule has 1 aromatic heterocycles. The third-order valence-electron chi connectivity index (χ3n) is 5.81. The van der Waals surface area contributed by atoms with Crippen molar-refractivity contribution in [2.75, 3.05) is 32.8 Å². The van der Waals surface area contributed by atoms with Crippen molar-refractivity contribution in [2.24, 2.45) is 0 Å². The van der Waals surface area contributed by atoms with E-state index >= 15 is 0 Å². The van der Waals surface area contributed by atoms with E-state index in [1.807, 2.05) is 36.4 Å². The van der Waals surface area contributed by atoms with Gasteiger partial charge < -0.3 is 10.1 Å². The molecule has 2 heterocycles. The summed E-state index contributed by atoms with van der Waals surface area (Å²) in [5.74, 6) is -0.278. The summed E-state index contributed by atoms with van der Waals surface area (Å²) in [5.41, 5.74) is 0.800. The van der Waals surface area contributed by atoms with Crippen molar-refractivity contribution >= 4 is 16.7 Å². The van der Waals surface area contributed by atoms with Crippen LogP contribution in [-0.4, -0.2) is 59.0 Å². The number of hydrogen-bond acceptors (Lipinski definition) is 5. The van der Waals surface area contributed by atoms with Crippen LogP contribution in [0.25, 0.3) is 10.8 Å². The summed E-state index contributed by atoms with van der Waals surface area (Å²) in [7, 11) is 0. The van der Waals surface area contributed by atoms with Gasteiger partial charge in [0.15, 0.2) is 5.69 Å². The van der Waals surface area contributed by atoms with Gasteiger partial charge in [0.05, 0.1) is 25.1 Å². The predicted octanol–water partition coefficient (Wildman–Crippen LogP) is 2.29. The molecule has 7 nitrogen and oxygen atoms in total. The zero-order valence-corrected chi connectivity index (χ0v) is 18.0. The first kappa shape index (κ1) is 21.2. The van der Waals surface area contributed by atoms with E-state index in [2.05, 4.69) is 29.2 Å². The third-order valence-corrected chi connectivity index (χ3v) is 5.81. The lowest BCUT2D eigenvalue weighted by atomic mass is 10.0. The van der Waals surface area contributed by atoms with Crippen LogP contribution in [0.5, 0.6) is 0 Å². The molecule has 0 bridgehead atoms. The normalized spacial score (nSPS) is 15.2. The molecule has 4 rings (SSSR count). The Balaban J connectivity index is 1.62. The van der Waals surface area contributed by atoms with Crippen molar-refractivity contribution in [3.63, 3.8) is 0 Å². The Morgan fingerprint density at radius 1 is 1.03 bits per heavy atom. The molecule has 31 heavy (non-hydrogen) atoms. The molecule has 0 saturated carbocycles. The number of aromatic nitrogens is 2. The molecule has 1 aliphatic heterocycles. The summed E-state index contributed by atoms with van der Waals surface area (Å²) in [5, 5.41) is 8.57. The number of carbonyl (C=O) groups is 1. The fourth-order valence-electron chi connectivity index (χ4n) is 3.93. The third kappa shape index (κ3) is 4.68. The van der Waals surface area contributed by atoms with E-state index < -0.39 is 0 Å². The van der Waals surface area contributed by atoms with Crippen molar-refractivity contribution in [2.45, 2.75) is 25.9 Å². The first-order valence-electron chi connectivity index (χ1n) is 10.6. The molecule has 2 aromatic carbocycles. The molecular formula is C24H28N4O3. The molecule has 1 saturated heterocycles. The lowest BCUT2D eigenvalue weighted by Crippen LogP contribution is -2.55. The highest BCUT2D eigenvalue weighted by Crippen LogP contribution is 2.17. The number of ether oxygens (including phenoxy) is 1. The minimum absolute atomic E-state index is 0.204. The van der Waals surface area contributed by atoms with E-state index in [4.69, 9.17) is 4.74 Å². The Bertz CT molecular complexity index is 1120. The second kappa shape index (κ2) is 8.99. The molecule has 1 aliphatic rings. The summed E-state index contributed by atoms with van der Waals surface area (Å²) >= 11 is 0. The Kier molecular flexibility index (Phi) is 6.15. The fourth-order valence-corrected chi connectivity index (χ4v) is 3.93. The minimum Gasteiger partial charge on any atom is -0.379 e. The molecule has 3 aromatic rings. The van der Waals surface area contributed by atoms with E-state index in [9.17, 15) is 9.59 Å². The lowest BCUT2D eigenvalue weighted by Gasteiger charge is -2.40. The second-order valence-corrected chi connectivity index (χ2v) is 8.44. The van der Waals surface area contributed by atoms with Gasteiger partial charge in [-0.15, -0.1) is 0 Å². The maximum absolute atomic E-state index is 13.2. The van der Waals surface area contributed by atoms with Gasteiger partial charge >= 0.3 is 0 Å². The average Bonchev–Trinajstić information content (AvgIpc) is 2.81. The second-order valence-electron chi connectivity index (χ2n) is 8.44. The lowest BCUT2D eigenvalue weighted by molar-refractivity contribution is -0.00924. The summed E-state index contributed by atoms with van der Waals surface area (Å²) in [6.07, 6.45) is 0. The highest BCUT2D eigenvalue weighted by molar-refractivity contribution is 6.04. The summed E-state index contributed by atoms with van der Waals surface area (Å²) < 4.78 is 6.81. The zero-order chi connectivity index (χ0) is 21.8. The van der Waals surface area contributed by atoms with E-state index in [1.54, 1.807) is 18.2 Å². The highest BCUT2D eigenvalue weighted by atomic mass is 16.5. The predicted molar refractivity (Wildman–Crippen MR) is 120 cm³/mol. The summed E-state index contributed by atoms with van der Waals surface area (Å²) in [6.45, 7) is 8.09. The molecule has 1 fully saturated rings. The van der Waals surface area contributed by atoms with Crippen LogP contribution in [0.3, 0.4) is 0 Å². The summed E-state index contributed by atoms with van der Waals surface area (Å²) in [6, 6.07) is 16.8. The monoisotopic (exact) mass is 420 g/mol. The van der Waals surface area contributed by atoms with Gasteiger partial charge in [0.2, 0.25) is 0 Å². The molecular weight excluding hydrogens is 392 g/mol. The summed E-state index contributed by atoms with van der Waals surface area (Å²) in [4.78, 5) is 28.5. The smallest absolute Gasteiger partial charge is 0.274 e. The SMILES string of the molecule is CC(C)(CNC(=O)c1nn(Cc2ccccc2)c(=O)c2ccccc12)N1CCOCC1. The largest absolute Gasteiger partial charge is 0.379 e. The van der Waals surface area contributed by atoms with Gasteiger partial charge in [0.1, 0.15) is 0 Å². The number of carbonyl (C=O) groups excluding carboxylic acids is 1. The number of morpholine rings is 1. The van der Waals surface area contributed by atoms with Gasteiger partial charge in [-0.3, -0.25) is 14.5 Å². The van der Waals surface area contributed by atoms with Crippen molar-refractivity contribution in [1.29, 1.82) is 0 Å². The fraction of sp³-hybridized carbons (Fsp3) is 0.375. The van der Waals surface area contributed by atoms with Crippen molar-refractivity contribution < 1.29 is 9.53 Å². The van der Waals surface area contributed by atoms with Gasteiger partial charge in [-0.2, -0.15) is 5.10 Å². The van der Waals surface area contributed by atoms with E-state index in [0.29, 0.717) is 37.1 Å². The number of rotatable bonds is 6. The van der Waals surface area contributed by atoms with Gasteiger partial charge in [-0.05, 0) is 25.5 Å². The molecule has 1 N–H and O–H groups in total. The maximum atomic E-state index is 13.2. The number of nitrogens with one attached hydrogen (secondary N) is 1. The van der Waals surface area contributed by atoms with Gasteiger partial charge in [-0.1, -0.05) is 48.5 Å². The molecule has 162 valence electrons. The Morgan fingerprint density at radius 2 is 1.68 bits per heavy atom. The molecule has 0 spiro atoms. The Morgan fingerprint density at radius 3 is 2.39 bits per heavy atom. The standard InChI is InChI=1S/C24H28N4O3/c1-24(2,27-12-14-31-15-13-27)17-25-22(29)21-19-10-6-7-11-20(19)23(30)28(26-21)16-18-8-4-3-5-9-18/h3-11H,12-17H2,1-2H3,(H,25,29). The Hall–Kier alpha value is -3.03. The van der Waals surface area contributed by atoms with Crippen molar-refractivity contribution in [3.8, 4) is 0 Å². The van der Waals surface area contributed by atoms with Crippen LogP contribution in [-0.2, 0) is 11.3 Å². The quantitative estimate of drug-likeness (QED) is 0.662. The number of benzene rings is 2. The van der Waals surface area contributed by atoms with Crippen molar-refractivity contribution in [3.05, 3.63) is 76.2 Å². The molecule has 0 unspecified atom stereocenters. The van der Waals surface area contributed by atoms with Gasteiger partial charge in [0.25, 0.3) is 11.5 Å². The molecule has 0 atom stereocenters. The van der Waals surface area contributed by atoms with Crippen LogP contribution in [0.4, 0.5) is 0 Å².